The second-order valence-corrected chi connectivity index (χ2v) is 3.64. The van der Waals surface area contributed by atoms with Crippen molar-refractivity contribution in [2.24, 2.45) is 5.92 Å². The quantitative estimate of drug-likeness (QED) is 0.746. The molecule has 12 heavy (non-hydrogen) atoms. The van der Waals surface area contributed by atoms with E-state index in [2.05, 4.69) is 18.9 Å². The molecule has 1 aromatic heterocycles. The fourth-order valence-electron chi connectivity index (χ4n) is 1.04. The summed E-state index contributed by atoms with van der Waals surface area (Å²) in [6.07, 6.45) is 3.15. The van der Waals surface area contributed by atoms with Crippen LogP contribution in [0.15, 0.2) is 6.20 Å². The number of nitrogens with two attached hydrogens (primary N) is 1. The van der Waals surface area contributed by atoms with Crippen LogP contribution < -0.4 is 5.73 Å². The van der Waals surface area contributed by atoms with Gasteiger partial charge in [-0.1, -0.05) is 13.8 Å². The molecule has 0 saturated carbocycles. The number of nitrogens with zero attached hydrogens (tertiary/aromatic N) is 2. The van der Waals surface area contributed by atoms with Crippen LogP contribution in [0, 0.1) is 12.8 Å². The molecule has 68 valence electrons. The van der Waals surface area contributed by atoms with Crippen LogP contribution in [0.3, 0.4) is 0 Å². The molecule has 0 unspecified atom stereocenters. The summed E-state index contributed by atoms with van der Waals surface area (Å²) in [6, 6.07) is 0. The minimum Gasteiger partial charge on any atom is -0.382 e. The maximum absolute atomic E-state index is 5.62. The lowest BCUT2D eigenvalue weighted by Gasteiger charge is -2.03. The maximum atomic E-state index is 5.62. The van der Waals surface area contributed by atoms with Crippen molar-refractivity contribution in [3.05, 3.63) is 11.8 Å². The Bertz CT molecular complexity index is 231. The number of aromatic nitrogens is 2. The van der Waals surface area contributed by atoms with Gasteiger partial charge in [0.05, 0.1) is 0 Å². The molecule has 0 aromatic carbocycles. The topological polar surface area (TPSA) is 43.8 Å². The van der Waals surface area contributed by atoms with E-state index in [-0.39, 0.29) is 0 Å². The van der Waals surface area contributed by atoms with E-state index in [4.69, 9.17) is 5.73 Å². The summed E-state index contributed by atoms with van der Waals surface area (Å²) >= 11 is 0. The Morgan fingerprint density at radius 1 is 1.58 bits per heavy atom. The largest absolute Gasteiger partial charge is 0.382 e. The van der Waals surface area contributed by atoms with E-state index < -0.39 is 0 Å². The molecule has 0 aliphatic heterocycles. The molecule has 0 amide bonds. The lowest BCUT2D eigenvalue weighted by molar-refractivity contribution is 0.488. The zero-order valence-corrected chi connectivity index (χ0v) is 8.04. The number of hydrogen-bond acceptors (Lipinski definition) is 2. The van der Waals surface area contributed by atoms with Crippen molar-refractivity contribution < 1.29 is 0 Å². The molecule has 0 bridgehead atoms. The number of nitrogen functional groups attached to an aromatic ring is 1. The van der Waals surface area contributed by atoms with E-state index in [9.17, 15) is 0 Å². The summed E-state index contributed by atoms with van der Waals surface area (Å²) in [5, 5.41) is 4.18. The normalized spacial score (nSPS) is 11.0. The van der Waals surface area contributed by atoms with Crippen LogP contribution in [0.25, 0.3) is 0 Å². The Balaban J connectivity index is 2.53. The highest BCUT2D eigenvalue weighted by Crippen LogP contribution is 2.08. The molecule has 0 atom stereocenters. The van der Waals surface area contributed by atoms with Gasteiger partial charge in [-0.25, -0.2) is 0 Å². The molecule has 3 heteroatoms. The third kappa shape index (κ3) is 2.26. The van der Waals surface area contributed by atoms with Crippen LogP contribution in [-0.2, 0) is 6.54 Å². The van der Waals surface area contributed by atoms with Crippen molar-refractivity contribution in [3.8, 4) is 0 Å². The predicted octanol–water partition coefficient (Wildman–Crippen LogP) is 1.82. The van der Waals surface area contributed by atoms with Crippen LogP contribution in [0.5, 0.6) is 0 Å². The van der Waals surface area contributed by atoms with Crippen molar-refractivity contribution in [2.75, 3.05) is 5.73 Å². The fraction of sp³-hybridized carbons (Fsp3) is 0.667. The van der Waals surface area contributed by atoms with E-state index in [1.54, 1.807) is 0 Å². The molecule has 0 radical (unpaired) electrons. The number of rotatable bonds is 3. The summed E-state index contributed by atoms with van der Waals surface area (Å²) in [7, 11) is 0. The Morgan fingerprint density at radius 3 is 2.67 bits per heavy atom. The zero-order valence-electron chi connectivity index (χ0n) is 8.04. The van der Waals surface area contributed by atoms with Crippen LogP contribution in [0.1, 0.15) is 25.8 Å². The Hall–Kier alpha value is -0.990. The average Bonchev–Trinajstić information content (AvgIpc) is 2.28. The van der Waals surface area contributed by atoms with E-state index in [1.165, 1.54) is 0 Å². The second-order valence-electron chi connectivity index (χ2n) is 3.64. The Kier molecular flexibility index (Phi) is 2.74. The number of aryl methyl sites for hydroxylation is 2. The average molecular weight is 167 g/mol. The first-order valence-corrected chi connectivity index (χ1v) is 4.39. The maximum Gasteiger partial charge on any atom is 0.148 e. The van der Waals surface area contributed by atoms with Crippen LogP contribution in [0.2, 0.25) is 0 Å². The number of hydrogen-bond donors (Lipinski definition) is 1. The minimum absolute atomic E-state index is 0.652. The van der Waals surface area contributed by atoms with Gasteiger partial charge in [-0.2, -0.15) is 5.10 Å². The molecule has 2 N–H and O–H groups in total. The first-order chi connectivity index (χ1) is 5.59. The SMILES string of the molecule is Cc1cn(CCC(C)C)nc1N. The first kappa shape index (κ1) is 9.10. The van der Waals surface area contributed by atoms with Crippen LogP contribution in [-0.4, -0.2) is 9.78 Å². The molecule has 0 fully saturated rings. The van der Waals surface area contributed by atoms with E-state index in [0.29, 0.717) is 5.82 Å². The van der Waals surface area contributed by atoms with Gasteiger partial charge in [0.15, 0.2) is 0 Å². The summed E-state index contributed by atoms with van der Waals surface area (Å²) < 4.78 is 1.92. The van der Waals surface area contributed by atoms with Gasteiger partial charge in [-0.3, -0.25) is 4.68 Å². The van der Waals surface area contributed by atoms with Gasteiger partial charge in [0.1, 0.15) is 5.82 Å². The van der Waals surface area contributed by atoms with Crippen LogP contribution in [0.4, 0.5) is 5.82 Å². The summed E-state index contributed by atoms with van der Waals surface area (Å²) in [5.74, 6) is 1.37. The molecule has 1 aromatic rings. The molecule has 1 rings (SSSR count). The monoisotopic (exact) mass is 167 g/mol. The fourth-order valence-corrected chi connectivity index (χ4v) is 1.04. The minimum atomic E-state index is 0.652. The van der Waals surface area contributed by atoms with E-state index in [0.717, 1.165) is 24.4 Å². The van der Waals surface area contributed by atoms with Gasteiger partial charge >= 0.3 is 0 Å². The second kappa shape index (κ2) is 3.61. The molecule has 0 spiro atoms. The van der Waals surface area contributed by atoms with Crippen molar-refractivity contribution in [1.29, 1.82) is 0 Å². The smallest absolute Gasteiger partial charge is 0.148 e. The van der Waals surface area contributed by atoms with Gasteiger partial charge in [0.25, 0.3) is 0 Å². The van der Waals surface area contributed by atoms with Gasteiger partial charge in [0.2, 0.25) is 0 Å². The third-order valence-corrected chi connectivity index (χ3v) is 1.92. The van der Waals surface area contributed by atoms with Crippen molar-refractivity contribution in [1.82, 2.24) is 9.78 Å². The summed E-state index contributed by atoms with van der Waals surface area (Å²) in [5.41, 5.74) is 6.68. The van der Waals surface area contributed by atoms with Gasteiger partial charge in [-0.05, 0) is 19.3 Å². The van der Waals surface area contributed by atoms with Crippen molar-refractivity contribution in [3.63, 3.8) is 0 Å². The zero-order chi connectivity index (χ0) is 9.14. The molecule has 0 aliphatic carbocycles. The standard InChI is InChI=1S/C9H17N3/c1-7(2)4-5-12-6-8(3)9(10)11-12/h6-7H,4-5H2,1-3H3,(H2,10,11). The molecular formula is C9H17N3. The molecule has 0 aliphatic rings. The lowest BCUT2D eigenvalue weighted by atomic mass is 10.1. The lowest BCUT2D eigenvalue weighted by Crippen LogP contribution is -2.02. The van der Waals surface area contributed by atoms with E-state index >= 15 is 0 Å². The van der Waals surface area contributed by atoms with Gasteiger partial charge in [-0.15, -0.1) is 0 Å². The Labute approximate surface area is 73.6 Å². The highest BCUT2D eigenvalue weighted by molar-refractivity contribution is 5.35. The number of anilines is 1. The first-order valence-electron chi connectivity index (χ1n) is 4.39. The molecular weight excluding hydrogens is 150 g/mol. The van der Waals surface area contributed by atoms with Crippen molar-refractivity contribution >= 4 is 5.82 Å². The van der Waals surface area contributed by atoms with Gasteiger partial charge in [0, 0.05) is 18.3 Å². The van der Waals surface area contributed by atoms with E-state index in [1.807, 2.05) is 17.8 Å². The predicted molar refractivity (Wildman–Crippen MR) is 50.8 cm³/mol. The molecule has 3 nitrogen and oxygen atoms in total. The van der Waals surface area contributed by atoms with Gasteiger partial charge < -0.3 is 5.73 Å². The summed E-state index contributed by atoms with van der Waals surface area (Å²) in [6.45, 7) is 7.36. The third-order valence-electron chi connectivity index (χ3n) is 1.92. The van der Waals surface area contributed by atoms with Crippen LogP contribution >= 0.6 is 0 Å². The Morgan fingerprint density at radius 2 is 2.25 bits per heavy atom. The highest BCUT2D eigenvalue weighted by atomic mass is 15.3. The molecule has 1 heterocycles. The van der Waals surface area contributed by atoms with Crippen molar-refractivity contribution in [2.45, 2.75) is 33.7 Å². The summed E-state index contributed by atoms with van der Waals surface area (Å²) in [4.78, 5) is 0. The molecule has 0 saturated heterocycles. The highest BCUT2D eigenvalue weighted by Gasteiger charge is 2.00.